The lowest BCUT2D eigenvalue weighted by atomic mass is 9.91. The van der Waals surface area contributed by atoms with Gasteiger partial charge in [0.2, 0.25) is 0 Å². The molecule has 1 aromatic heterocycles. The van der Waals surface area contributed by atoms with Gasteiger partial charge in [-0.1, -0.05) is 12.1 Å². The number of hydrogen-bond donors (Lipinski definition) is 2. The lowest BCUT2D eigenvalue weighted by Crippen LogP contribution is -2.65. The second-order valence-electron chi connectivity index (χ2n) is 7.17. The van der Waals surface area contributed by atoms with Gasteiger partial charge in [0.25, 0.3) is 11.8 Å². The van der Waals surface area contributed by atoms with E-state index in [1.165, 1.54) is 6.26 Å². The Morgan fingerprint density at radius 1 is 1.27 bits per heavy atom. The fourth-order valence-electron chi connectivity index (χ4n) is 3.53. The van der Waals surface area contributed by atoms with Crippen molar-refractivity contribution >= 4 is 22.8 Å². The van der Waals surface area contributed by atoms with Gasteiger partial charge in [0.05, 0.1) is 11.6 Å². The Kier molecular flexibility index (Phi) is 4.20. The third kappa shape index (κ3) is 2.97. The Morgan fingerprint density at radius 3 is 2.73 bits per heavy atom. The SMILES string of the molecule is Cc1ccc2c(C(=O)NC3CN(C(=O)C4(O)CCOCC4)C3)coc2c1. The molecule has 138 valence electrons. The van der Waals surface area contributed by atoms with Crippen LogP contribution in [-0.2, 0) is 9.53 Å². The number of fused-ring (bicyclic) bond motifs is 1. The van der Waals surface area contributed by atoms with Gasteiger partial charge in [-0.15, -0.1) is 0 Å². The highest BCUT2D eigenvalue weighted by Crippen LogP contribution is 2.26. The molecule has 0 radical (unpaired) electrons. The standard InChI is InChI=1S/C19H22N2O5/c1-12-2-3-14-15(11-26-16(14)8-12)17(22)20-13-9-21(10-13)18(23)19(24)4-6-25-7-5-19/h2-3,8,11,13,24H,4-7,9-10H2,1H3,(H,20,22). The first-order valence-electron chi connectivity index (χ1n) is 8.84. The molecule has 0 unspecified atom stereocenters. The van der Waals surface area contributed by atoms with Crippen LogP contribution >= 0.6 is 0 Å². The van der Waals surface area contributed by atoms with E-state index in [9.17, 15) is 14.7 Å². The average molecular weight is 358 g/mol. The van der Waals surface area contributed by atoms with Gasteiger partial charge in [0, 0.05) is 44.5 Å². The number of rotatable bonds is 3. The molecule has 1 aromatic carbocycles. The van der Waals surface area contributed by atoms with Gasteiger partial charge < -0.3 is 24.5 Å². The Hall–Kier alpha value is -2.38. The molecule has 2 aliphatic heterocycles. The molecule has 7 heteroatoms. The molecule has 0 aliphatic carbocycles. The topological polar surface area (TPSA) is 92.0 Å². The molecule has 0 atom stereocenters. The number of aryl methyl sites for hydroxylation is 1. The van der Waals surface area contributed by atoms with Gasteiger partial charge in [-0.25, -0.2) is 0 Å². The molecule has 2 aromatic rings. The van der Waals surface area contributed by atoms with Gasteiger partial charge in [-0.05, 0) is 18.6 Å². The van der Waals surface area contributed by atoms with Gasteiger partial charge in [-0.2, -0.15) is 0 Å². The van der Waals surface area contributed by atoms with Crippen molar-refractivity contribution < 1.29 is 23.8 Å². The van der Waals surface area contributed by atoms with Crippen LogP contribution in [0, 0.1) is 6.92 Å². The highest BCUT2D eigenvalue weighted by Gasteiger charge is 2.44. The van der Waals surface area contributed by atoms with E-state index in [0.29, 0.717) is 50.3 Å². The summed E-state index contributed by atoms with van der Waals surface area (Å²) in [5.41, 5.74) is 0.916. The summed E-state index contributed by atoms with van der Waals surface area (Å²) in [4.78, 5) is 26.6. The molecule has 7 nitrogen and oxygen atoms in total. The van der Waals surface area contributed by atoms with Crippen LogP contribution in [0.3, 0.4) is 0 Å². The number of carbonyl (C=O) groups is 2. The number of likely N-dealkylation sites (tertiary alicyclic amines) is 1. The van der Waals surface area contributed by atoms with Crippen molar-refractivity contribution in [3.05, 3.63) is 35.6 Å². The molecule has 0 saturated carbocycles. The van der Waals surface area contributed by atoms with E-state index < -0.39 is 5.60 Å². The molecular weight excluding hydrogens is 336 g/mol. The maximum Gasteiger partial charge on any atom is 0.255 e. The maximum atomic E-state index is 12.5. The molecule has 2 saturated heterocycles. The molecule has 2 fully saturated rings. The zero-order valence-corrected chi connectivity index (χ0v) is 14.7. The van der Waals surface area contributed by atoms with Gasteiger partial charge >= 0.3 is 0 Å². The quantitative estimate of drug-likeness (QED) is 0.861. The largest absolute Gasteiger partial charge is 0.463 e. The fraction of sp³-hybridized carbons (Fsp3) is 0.474. The lowest BCUT2D eigenvalue weighted by Gasteiger charge is -2.44. The summed E-state index contributed by atoms with van der Waals surface area (Å²) in [6, 6.07) is 5.59. The smallest absolute Gasteiger partial charge is 0.255 e. The minimum Gasteiger partial charge on any atom is -0.463 e. The molecule has 2 amide bonds. The van der Waals surface area contributed by atoms with Crippen molar-refractivity contribution in [1.82, 2.24) is 10.2 Å². The van der Waals surface area contributed by atoms with Crippen LogP contribution in [0.25, 0.3) is 11.0 Å². The van der Waals surface area contributed by atoms with Crippen molar-refractivity contribution in [2.24, 2.45) is 0 Å². The van der Waals surface area contributed by atoms with Crippen molar-refractivity contribution in [2.75, 3.05) is 26.3 Å². The van der Waals surface area contributed by atoms with Crippen molar-refractivity contribution in [2.45, 2.75) is 31.4 Å². The highest BCUT2D eigenvalue weighted by molar-refractivity contribution is 6.06. The summed E-state index contributed by atoms with van der Waals surface area (Å²) in [7, 11) is 0. The molecule has 3 heterocycles. The monoisotopic (exact) mass is 358 g/mol. The zero-order chi connectivity index (χ0) is 18.3. The lowest BCUT2D eigenvalue weighted by molar-refractivity contribution is -0.165. The Bertz CT molecular complexity index is 847. The number of aliphatic hydroxyl groups is 1. The third-order valence-corrected chi connectivity index (χ3v) is 5.20. The third-order valence-electron chi connectivity index (χ3n) is 5.20. The van der Waals surface area contributed by atoms with E-state index in [2.05, 4.69) is 5.32 Å². The van der Waals surface area contributed by atoms with Crippen LogP contribution in [0.4, 0.5) is 0 Å². The van der Waals surface area contributed by atoms with Crippen LogP contribution in [0.5, 0.6) is 0 Å². The second-order valence-corrected chi connectivity index (χ2v) is 7.17. The number of hydrogen-bond acceptors (Lipinski definition) is 5. The highest BCUT2D eigenvalue weighted by atomic mass is 16.5. The maximum absolute atomic E-state index is 12.5. The fourth-order valence-corrected chi connectivity index (χ4v) is 3.53. The van der Waals surface area contributed by atoms with Crippen LogP contribution in [0.2, 0.25) is 0 Å². The molecule has 2 N–H and O–H groups in total. The average Bonchev–Trinajstić information content (AvgIpc) is 3.00. The number of benzene rings is 1. The summed E-state index contributed by atoms with van der Waals surface area (Å²) in [6.07, 6.45) is 2.10. The number of carbonyl (C=O) groups excluding carboxylic acids is 2. The summed E-state index contributed by atoms with van der Waals surface area (Å²) >= 11 is 0. The molecule has 26 heavy (non-hydrogen) atoms. The van der Waals surface area contributed by atoms with E-state index in [1.807, 2.05) is 25.1 Å². The van der Waals surface area contributed by atoms with Crippen LogP contribution in [-0.4, -0.2) is 59.8 Å². The summed E-state index contributed by atoms with van der Waals surface area (Å²) in [5, 5.41) is 14.2. The Balaban J connectivity index is 1.36. The first kappa shape index (κ1) is 17.1. The van der Waals surface area contributed by atoms with Crippen molar-refractivity contribution in [3.8, 4) is 0 Å². The zero-order valence-electron chi connectivity index (χ0n) is 14.7. The number of nitrogens with zero attached hydrogens (tertiary/aromatic N) is 1. The minimum atomic E-state index is -1.33. The summed E-state index contributed by atoms with van der Waals surface area (Å²) < 4.78 is 10.7. The van der Waals surface area contributed by atoms with E-state index in [1.54, 1.807) is 4.90 Å². The Labute approximate surface area is 150 Å². The van der Waals surface area contributed by atoms with E-state index >= 15 is 0 Å². The summed E-state index contributed by atoms with van der Waals surface area (Å²) in [6.45, 7) is 3.56. The van der Waals surface area contributed by atoms with Crippen LogP contribution < -0.4 is 5.32 Å². The Morgan fingerprint density at radius 2 is 2.00 bits per heavy atom. The van der Waals surface area contributed by atoms with Crippen LogP contribution in [0.1, 0.15) is 28.8 Å². The number of nitrogens with one attached hydrogen (secondary N) is 1. The summed E-state index contributed by atoms with van der Waals surface area (Å²) in [5.74, 6) is -0.481. The molecule has 0 spiro atoms. The predicted molar refractivity (Wildman–Crippen MR) is 93.8 cm³/mol. The van der Waals surface area contributed by atoms with Gasteiger partial charge in [0.15, 0.2) is 0 Å². The number of furan rings is 1. The van der Waals surface area contributed by atoms with E-state index in [4.69, 9.17) is 9.15 Å². The van der Waals surface area contributed by atoms with Crippen molar-refractivity contribution in [3.63, 3.8) is 0 Å². The molecular formula is C19H22N2O5. The second kappa shape index (κ2) is 6.41. The number of ether oxygens (including phenoxy) is 1. The minimum absolute atomic E-state index is 0.120. The normalized spacial score (nSPS) is 20.0. The first-order valence-corrected chi connectivity index (χ1v) is 8.84. The number of amides is 2. The van der Waals surface area contributed by atoms with Crippen LogP contribution in [0.15, 0.2) is 28.9 Å². The predicted octanol–water partition coefficient (Wildman–Crippen LogP) is 1.22. The molecule has 4 rings (SSSR count). The van der Waals surface area contributed by atoms with Crippen molar-refractivity contribution in [1.29, 1.82) is 0 Å². The van der Waals surface area contributed by atoms with Gasteiger partial charge in [-0.3, -0.25) is 9.59 Å². The molecule has 0 bridgehead atoms. The first-order chi connectivity index (χ1) is 12.5. The van der Waals surface area contributed by atoms with E-state index in [0.717, 1.165) is 10.9 Å². The van der Waals surface area contributed by atoms with Gasteiger partial charge in [0.1, 0.15) is 17.4 Å². The molecule has 2 aliphatic rings. The van der Waals surface area contributed by atoms with E-state index in [-0.39, 0.29) is 17.9 Å².